The van der Waals surface area contributed by atoms with Gasteiger partial charge in [-0.3, -0.25) is 0 Å². The van der Waals surface area contributed by atoms with Gasteiger partial charge in [-0.15, -0.1) is 0 Å². The number of rotatable bonds is 3. The molecule has 2 aromatic rings. The molecule has 1 aliphatic rings. The fourth-order valence-electron chi connectivity index (χ4n) is 2.33. The molecule has 0 bridgehead atoms. The Balaban J connectivity index is 2.12. The number of aryl methyl sites for hydroxylation is 1. The number of benzene rings is 1. The minimum absolute atomic E-state index is 0.556. The fraction of sp³-hybridized carbons (Fsp3) is 0.357. The number of hydrogen-bond donors (Lipinski definition) is 1. The van der Waals surface area contributed by atoms with E-state index in [1.54, 1.807) is 0 Å². The fourth-order valence-corrected chi connectivity index (χ4v) is 2.52. The van der Waals surface area contributed by atoms with Gasteiger partial charge in [-0.05, 0) is 25.0 Å². The summed E-state index contributed by atoms with van der Waals surface area (Å²) in [6.45, 7) is 2.11. The molecular formula is C14H16ClN3. The van der Waals surface area contributed by atoms with Crippen LogP contribution in [-0.4, -0.2) is 9.55 Å². The van der Waals surface area contributed by atoms with Crippen LogP contribution >= 0.6 is 11.6 Å². The lowest BCUT2D eigenvalue weighted by Crippen LogP contribution is -2.04. The first-order valence-electron chi connectivity index (χ1n) is 6.33. The first-order chi connectivity index (χ1) is 8.70. The van der Waals surface area contributed by atoms with Gasteiger partial charge in [0.05, 0.1) is 0 Å². The number of nitrogens with two attached hydrogens (primary N) is 1. The number of halogens is 1. The molecule has 3 nitrogen and oxygen atoms in total. The van der Waals surface area contributed by atoms with E-state index in [1.807, 2.05) is 24.3 Å². The molecule has 0 unspecified atom stereocenters. The van der Waals surface area contributed by atoms with E-state index >= 15 is 0 Å². The van der Waals surface area contributed by atoms with Crippen molar-refractivity contribution in [3.05, 3.63) is 35.1 Å². The van der Waals surface area contributed by atoms with Crippen LogP contribution in [0.4, 0.5) is 5.82 Å². The molecule has 94 valence electrons. The molecule has 0 atom stereocenters. The van der Waals surface area contributed by atoms with Gasteiger partial charge in [-0.25, -0.2) is 4.98 Å². The summed E-state index contributed by atoms with van der Waals surface area (Å²) in [5.74, 6) is 1.85. The number of nitrogens with zero attached hydrogens (tertiary/aromatic N) is 2. The minimum atomic E-state index is 0.556. The highest BCUT2D eigenvalue weighted by Crippen LogP contribution is 2.41. The molecule has 1 aromatic heterocycles. The minimum Gasteiger partial charge on any atom is -0.383 e. The van der Waals surface area contributed by atoms with Gasteiger partial charge in [-0.1, -0.05) is 30.7 Å². The van der Waals surface area contributed by atoms with Gasteiger partial charge < -0.3 is 10.3 Å². The number of nitrogen functional groups attached to an aromatic ring is 1. The van der Waals surface area contributed by atoms with Gasteiger partial charge in [0.25, 0.3) is 0 Å². The second-order valence-corrected chi connectivity index (χ2v) is 5.16. The Bertz CT molecular complexity index is 585. The zero-order chi connectivity index (χ0) is 12.7. The monoisotopic (exact) mass is 261 g/mol. The van der Waals surface area contributed by atoms with Crippen LogP contribution < -0.4 is 5.73 Å². The van der Waals surface area contributed by atoms with Crippen LogP contribution in [0.1, 0.15) is 31.6 Å². The molecule has 0 amide bonds. The van der Waals surface area contributed by atoms with E-state index < -0.39 is 0 Å². The Morgan fingerprint density at radius 3 is 2.83 bits per heavy atom. The third-order valence-electron chi connectivity index (χ3n) is 3.35. The van der Waals surface area contributed by atoms with E-state index in [0.29, 0.717) is 11.1 Å². The molecule has 1 fully saturated rings. The quantitative estimate of drug-likeness (QED) is 0.916. The summed E-state index contributed by atoms with van der Waals surface area (Å²) in [6, 6.07) is 8.26. The van der Waals surface area contributed by atoms with Crippen molar-refractivity contribution in [2.45, 2.75) is 32.2 Å². The Labute approximate surface area is 112 Å². The summed E-state index contributed by atoms with van der Waals surface area (Å²) in [7, 11) is 0. The van der Waals surface area contributed by atoms with E-state index in [2.05, 4.69) is 16.5 Å². The average molecular weight is 262 g/mol. The third kappa shape index (κ3) is 1.89. The maximum atomic E-state index is 6.26. The lowest BCUT2D eigenvalue weighted by molar-refractivity contribution is 0.696. The predicted molar refractivity (Wildman–Crippen MR) is 74.7 cm³/mol. The van der Waals surface area contributed by atoms with Gasteiger partial charge in [0.15, 0.2) is 0 Å². The van der Waals surface area contributed by atoms with Crippen molar-refractivity contribution >= 4 is 17.4 Å². The standard InChI is InChI=1S/C14H16ClN3/c1-2-12-17-13(9-4-3-5-10(15)8-9)14(16)18(12)11-6-7-11/h3-5,8,11H,2,6-7,16H2,1H3. The van der Waals surface area contributed by atoms with Crippen molar-refractivity contribution in [2.75, 3.05) is 5.73 Å². The predicted octanol–water partition coefficient (Wildman–Crippen LogP) is 3.68. The van der Waals surface area contributed by atoms with Crippen LogP contribution in [-0.2, 0) is 6.42 Å². The van der Waals surface area contributed by atoms with Crippen molar-refractivity contribution in [3.8, 4) is 11.3 Å². The molecule has 0 aliphatic heterocycles. The number of anilines is 1. The maximum absolute atomic E-state index is 6.26. The van der Waals surface area contributed by atoms with Gasteiger partial charge in [0.2, 0.25) is 0 Å². The number of imidazole rings is 1. The summed E-state index contributed by atoms with van der Waals surface area (Å²) in [5.41, 5.74) is 8.12. The van der Waals surface area contributed by atoms with Crippen molar-refractivity contribution in [1.82, 2.24) is 9.55 Å². The van der Waals surface area contributed by atoms with E-state index in [9.17, 15) is 0 Å². The lowest BCUT2D eigenvalue weighted by Gasteiger charge is -2.06. The van der Waals surface area contributed by atoms with E-state index in [1.165, 1.54) is 12.8 Å². The van der Waals surface area contributed by atoms with Crippen molar-refractivity contribution < 1.29 is 0 Å². The largest absolute Gasteiger partial charge is 0.383 e. The van der Waals surface area contributed by atoms with Crippen molar-refractivity contribution in [3.63, 3.8) is 0 Å². The molecule has 2 N–H and O–H groups in total. The van der Waals surface area contributed by atoms with Crippen LogP contribution in [0, 0.1) is 0 Å². The Hall–Kier alpha value is -1.48. The summed E-state index contributed by atoms with van der Waals surface area (Å²) in [4.78, 5) is 4.68. The van der Waals surface area contributed by atoms with Crippen molar-refractivity contribution in [2.24, 2.45) is 0 Å². The molecule has 3 rings (SSSR count). The highest BCUT2D eigenvalue weighted by molar-refractivity contribution is 6.30. The van der Waals surface area contributed by atoms with Crippen LogP contribution in [0.5, 0.6) is 0 Å². The molecule has 1 saturated carbocycles. The number of hydrogen-bond acceptors (Lipinski definition) is 2. The molecule has 1 heterocycles. The Morgan fingerprint density at radius 1 is 1.44 bits per heavy atom. The topological polar surface area (TPSA) is 43.8 Å². The Kier molecular flexibility index (Phi) is 2.78. The third-order valence-corrected chi connectivity index (χ3v) is 3.58. The average Bonchev–Trinajstić information content (AvgIpc) is 3.13. The van der Waals surface area contributed by atoms with Crippen LogP contribution in [0.2, 0.25) is 5.02 Å². The van der Waals surface area contributed by atoms with Crippen LogP contribution in [0.15, 0.2) is 24.3 Å². The molecule has 0 spiro atoms. The second kappa shape index (κ2) is 4.32. The summed E-state index contributed by atoms with van der Waals surface area (Å²) in [5, 5.41) is 0.714. The molecule has 4 heteroatoms. The van der Waals surface area contributed by atoms with Crippen LogP contribution in [0.25, 0.3) is 11.3 Å². The van der Waals surface area contributed by atoms with Crippen molar-refractivity contribution in [1.29, 1.82) is 0 Å². The maximum Gasteiger partial charge on any atom is 0.131 e. The Morgan fingerprint density at radius 2 is 2.22 bits per heavy atom. The molecule has 1 aliphatic carbocycles. The SMILES string of the molecule is CCc1nc(-c2cccc(Cl)c2)c(N)n1C1CC1. The smallest absolute Gasteiger partial charge is 0.131 e. The van der Waals surface area contributed by atoms with E-state index in [-0.39, 0.29) is 0 Å². The summed E-state index contributed by atoms with van der Waals surface area (Å²) < 4.78 is 2.19. The lowest BCUT2D eigenvalue weighted by atomic mass is 10.1. The normalized spacial score (nSPS) is 15.0. The molecular weight excluding hydrogens is 246 g/mol. The second-order valence-electron chi connectivity index (χ2n) is 4.73. The highest BCUT2D eigenvalue weighted by atomic mass is 35.5. The zero-order valence-electron chi connectivity index (χ0n) is 10.4. The first-order valence-corrected chi connectivity index (χ1v) is 6.71. The van der Waals surface area contributed by atoms with E-state index in [0.717, 1.165) is 29.3 Å². The molecule has 1 aromatic carbocycles. The first kappa shape index (κ1) is 11.6. The molecule has 0 radical (unpaired) electrons. The van der Waals surface area contributed by atoms with Crippen LogP contribution in [0.3, 0.4) is 0 Å². The van der Waals surface area contributed by atoms with Gasteiger partial charge in [0.1, 0.15) is 17.3 Å². The van der Waals surface area contributed by atoms with Gasteiger partial charge >= 0.3 is 0 Å². The highest BCUT2D eigenvalue weighted by Gasteiger charge is 2.29. The number of aromatic nitrogens is 2. The summed E-state index contributed by atoms with van der Waals surface area (Å²) >= 11 is 6.03. The zero-order valence-corrected chi connectivity index (χ0v) is 11.1. The van der Waals surface area contributed by atoms with Gasteiger partial charge in [-0.2, -0.15) is 0 Å². The summed E-state index contributed by atoms with van der Waals surface area (Å²) in [6.07, 6.45) is 3.33. The molecule has 18 heavy (non-hydrogen) atoms. The molecule has 0 saturated heterocycles. The van der Waals surface area contributed by atoms with Gasteiger partial charge in [0, 0.05) is 23.0 Å². The van der Waals surface area contributed by atoms with E-state index in [4.69, 9.17) is 17.3 Å².